The zero-order valence-corrected chi connectivity index (χ0v) is 9.01. The van der Waals surface area contributed by atoms with Crippen LogP contribution >= 0.6 is 0 Å². The Kier molecular flexibility index (Phi) is 2.68. The van der Waals surface area contributed by atoms with Crippen molar-refractivity contribution in [1.29, 1.82) is 5.41 Å². The van der Waals surface area contributed by atoms with E-state index in [4.69, 9.17) is 11.1 Å². The lowest BCUT2D eigenvalue weighted by Crippen LogP contribution is -2.17. The van der Waals surface area contributed by atoms with Gasteiger partial charge in [-0.1, -0.05) is 6.92 Å². The van der Waals surface area contributed by atoms with E-state index in [0.717, 1.165) is 17.9 Å². The lowest BCUT2D eigenvalue weighted by atomic mass is 10.2. The number of hydrogen-bond donors (Lipinski definition) is 2. The standard InChI is InChI=1S/C11H13N5/c1-2-9-14-6-7-16(9)8-4-3-5-15-10(8)11(12)13/h3-7H,2H2,1H3,(H3,12,13). The second-order valence-electron chi connectivity index (χ2n) is 3.35. The number of nitrogens with two attached hydrogens (primary N) is 1. The highest BCUT2D eigenvalue weighted by Gasteiger charge is 2.10. The summed E-state index contributed by atoms with van der Waals surface area (Å²) in [6.45, 7) is 2.03. The SMILES string of the molecule is CCc1nccn1-c1cccnc1C(=N)N. The molecule has 5 heteroatoms. The van der Waals surface area contributed by atoms with Gasteiger partial charge in [-0.25, -0.2) is 4.98 Å². The highest BCUT2D eigenvalue weighted by molar-refractivity contribution is 5.96. The van der Waals surface area contributed by atoms with Crippen molar-refractivity contribution in [3.63, 3.8) is 0 Å². The zero-order chi connectivity index (χ0) is 11.5. The molecule has 0 unspecified atom stereocenters. The lowest BCUT2D eigenvalue weighted by molar-refractivity contribution is 0.884. The summed E-state index contributed by atoms with van der Waals surface area (Å²) in [5, 5.41) is 7.49. The Balaban J connectivity index is 2.60. The van der Waals surface area contributed by atoms with Gasteiger partial charge < -0.3 is 10.3 Å². The Hall–Kier alpha value is -2.17. The van der Waals surface area contributed by atoms with Gasteiger partial charge in [0.25, 0.3) is 0 Å². The molecule has 0 aliphatic heterocycles. The number of aryl methyl sites for hydroxylation is 1. The van der Waals surface area contributed by atoms with Crippen LogP contribution in [0.5, 0.6) is 0 Å². The van der Waals surface area contributed by atoms with Crippen LogP contribution < -0.4 is 5.73 Å². The highest BCUT2D eigenvalue weighted by atomic mass is 15.1. The van der Waals surface area contributed by atoms with Crippen LogP contribution in [0.2, 0.25) is 0 Å². The Morgan fingerprint density at radius 3 is 2.94 bits per heavy atom. The number of pyridine rings is 1. The van der Waals surface area contributed by atoms with Gasteiger partial charge in [-0.3, -0.25) is 10.4 Å². The minimum absolute atomic E-state index is 0.0358. The summed E-state index contributed by atoms with van der Waals surface area (Å²) >= 11 is 0. The number of nitrogen functional groups attached to an aromatic ring is 1. The molecule has 0 fully saturated rings. The zero-order valence-electron chi connectivity index (χ0n) is 9.01. The molecule has 2 heterocycles. The van der Waals surface area contributed by atoms with Crippen molar-refractivity contribution in [3.05, 3.63) is 42.2 Å². The first-order chi connectivity index (χ1) is 7.74. The van der Waals surface area contributed by atoms with Crippen LogP contribution in [0.15, 0.2) is 30.7 Å². The Morgan fingerprint density at radius 2 is 2.25 bits per heavy atom. The molecule has 2 aromatic rings. The third-order valence-electron chi connectivity index (χ3n) is 2.33. The third kappa shape index (κ3) is 1.67. The van der Waals surface area contributed by atoms with Crippen LogP contribution in [0.1, 0.15) is 18.4 Å². The molecule has 0 atom stereocenters. The maximum Gasteiger partial charge on any atom is 0.143 e. The van der Waals surface area contributed by atoms with Crippen molar-refractivity contribution in [2.24, 2.45) is 5.73 Å². The summed E-state index contributed by atoms with van der Waals surface area (Å²) < 4.78 is 1.91. The number of imidazole rings is 1. The van der Waals surface area contributed by atoms with Gasteiger partial charge in [0.05, 0.1) is 5.69 Å². The Morgan fingerprint density at radius 1 is 1.44 bits per heavy atom. The van der Waals surface area contributed by atoms with Crippen molar-refractivity contribution in [2.75, 3.05) is 0 Å². The van der Waals surface area contributed by atoms with E-state index in [9.17, 15) is 0 Å². The normalized spacial score (nSPS) is 10.3. The van der Waals surface area contributed by atoms with Gasteiger partial charge in [0.2, 0.25) is 0 Å². The maximum atomic E-state index is 7.49. The molecule has 16 heavy (non-hydrogen) atoms. The fourth-order valence-corrected chi connectivity index (χ4v) is 1.61. The molecule has 0 saturated heterocycles. The average Bonchev–Trinajstić information content (AvgIpc) is 2.76. The monoisotopic (exact) mass is 215 g/mol. The molecule has 2 rings (SSSR count). The largest absolute Gasteiger partial charge is 0.382 e. The minimum atomic E-state index is -0.0358. The van der Waals surface area contributed by atoms with Crippen molar-refractivity contribution >= 4 is 5.84 Å². The first kappa shape index (κ1) is 10.4. The van der Waals surface area contributed by atoms with Crippen LogP contribution in [-0.4, -0.2) is 20.4 Å². The van der Waals surface area contributed by atoms with Crippen LogP contribution in [0, 0.1) is 5.41 Å². The highest BCUT2D eigenvalue weighted by Crippen LogP contribution is 2.14. The number of nitrogens with zero attached hydrogens (tertiary/aromatic N) is 3. The van der Waals surface area contributed by atoms with E-state index in [0.29, 0.717) is 5.69 Å². The fourth-order valence-electron chi connectivity index (χ4n) is 1.61. The molecular formula is C11H13N5. The van der Waals surface area contributed by atoms with Crippen LogP contribution in [0.3, 0.4) is 0 Å². The van der Waals surface area contributed by atoms with E-state index < -0.39 is 0 Å². The van der Waals surface area contributed by atoms with E-state index in [1.165, 1.54) is 0 Å². The van der Waals surface area contributed by atoms with Gasteiger partial charge in [-0.15, -0.1) is 0 Å². The summed E-state index contributed by atoms with van der Waals surface area (Å²) in [4.78, 5) is 8.35. The number of aromatic nitrogens is 3. The summed E-state index contributed by atoms with van der Waals surface area (Å²) in [7, 11) is 0. The maximum absolute atomic E-state index is 7.49. The summed E-state index contributed by atoms with van der Waals surface area (Å²) in [6.07, 6.45) is 6.03. The number of amidine groups is 1. The van der Waals surface area contributed by atoms with E-state index in [2.05, 4.69) is 9.97 Å². The molecule has 0 aromatic carbocycles. The van der Waals surface area contributed by atoms with Gasteiger partial charge >= 0.3 is 0 Å². The smallest absolute Gasteiger partial charge is 0.143 e. The molecular weight excluding hydrogens is 202 g/mol. The number of hydrogen-bond acceptors (Lipinski definition) is 3. The molecule has 5 nitrogen and oxygen atoms in total. The van der Waals surface area contributed by atoms with Crippen LogP contribution in [0.4, 0.5) is 0 Å². The summed E-state index contributed by atoms with van der Waals surface area (Å²) in [5.74, 6) is 0.891. The van der Waals surface area contributed by atoms with Crippen molar-refractivity contribution in [2.45, 2.75) is 13.3 Å². The summed E-state index contributed by atoms with van der Waals surface area (Å²) in [6, 6.07) is 3.70. The molecule has 0 radical (unpaired) electrons. The molecule has 0 aliphatic carbocycles. The van der Waals surface area contributed by atoms with Gasteiger partial charge in [0.15, 0.2) is 0 Å². The Labute approximate surface area is 93.5 Å². The predicted molar refractivity (Wildman–Crippen MR) is 61.8 cm³/mol. The number of nitrogens with one attached hydrogen (secondary N) is 1. The lowest BCUT2D eigenvalue weighted by Gasteiger charge is -2.10. The van der Waals surface area contributed by atoms with Crippen molar-refractivity contribution < 1.29 is 0 Å². The molecule has 0 saturated carbocycles. The second kappa shape index (κ2) is 4.14. The summed E-state index contributed by atoms with van der Waals surface area (Å²) in [5.41, 5.74) is 6.78. The van der Waals surface area contributed by atoms with Crippen molar-refractivity contribution in [1.82, 2.24) is 14.5 Å². The fraction of sp³-hybridized carbons (Fsp3) is 0.182. The third-order valence-corrected chi connectivity index (χ3v) is 2.33. The van der Waals surface area contributed by atoms with E-state index in [1.54, 1.807) is 12.4 Å². The van der Waals surface area contributed by atoms with E-state index >= 15 is 0 Å². The number of rotatable bonds is 3. The van der Waals surface area contributed by atoms with Gasteiger partial charge in [0.1, 0.15) is 17.4 Å². The molecule has 0 aliphatic rings. The van der Waals surface area contributed by atoms with E-state index in [-0.39, 0.29) is 5.84 Å². The molecule has 3 N–H and O–H groups in total. The van der Waals surface area contributed by atoms with Gasteiger partial charge in [0, 0.05) is 25.0 Å². The first-order valence-electron chi connectivity index (χ1n) is 5.06. The van der Waals surface area contributed by atoms with Gasteiger partial charge in [-0.2, -0.15) is 0 Å². The van der Waals surface area contributed by atoms with Crippen LogP contribution in [-0.2, 0) is 6.42 Å². The van der Waals surface area contributed by atoms with Crippen molar-refractivity contribution in [3.8, 4) is 5.69 Å². The topological polar surface area (TPSA) is 80.6 Å². The Bertz CT molecular complexity index is 515. The second-order valence-corrected chi connectivity index (χ2v) is 3.35. The quantitative estimate of drug-likeness (QED) is 0.594. The molecule has 82 valence electrons. The molecule has 0 amide bonds. The molecule has 0 spiro atoms. The molecule has 0 bridgehead atoms. The average molecular weight is 215 g/mol. The predicted octanol–water partition coefficient (Wildman–Crippen LogP) is 1.11. The van der Waals surface area contributed by atoms with Crippen LogP contribution in [0.25, 0.3) is 5.69 Å². The van der Waals surface area contributed by atoms with E-state index in [1.807, 2.05) is 29.8 Å². The minimum Gasteiger partial charge on any atom is -0.382 e. The first-order valence-corrected chi connectivity index (χ1v) is 5.06. The van der Waals surface area contributed by atoms with Gasteiger partial charge in [-0.05, 0) is 12.1 Å². The molecule has 2 aromatic heterocycles.